The van der Waals surface area contributed by atoms with Crippen LogP contribution >= 0.6 is 11.8 Å². The second-order valence-corrected chi connectivity index (χ2v) is 6.32. The summed E-state index contributed by atoms with van der Waals surface area (Å²) >= 11 is 1.23. The van der Waals surface area contributed by atoms with E-state index in [-0.39, 0.29) is 16.7 Å². The molecular formula is C16H19N3O2S. The van der Waals surface area contributed by atoms with E-state index in [1.54, 1.807) is 13.8 Å². The first kappa shape index (κ1) is 16.3. The molecule has 2 aromatic rings. The highest BCUT2D eigenvalue weighted by molar-refractivity contribution is 8.00. The van der Waals surface area contributed by atoms with Gasteiger partial charge in [-0.05, 0) is 38.0 Å². The van der Waals surface area contributed by atoms with E-state index in [1.165, 1.54) is 23.4 Å². The Kier molecular flexibility index (Phi) is 5.38. The number of amides is 1. The number of rotatable bonds is 5. The summed E-state index contributed by atoms with van der Waals surface area (Å²) in [5, 5.41) is 2.95. The van der Waals surface area contributed by atoms with Crippen molar-refractivity contribution in [1.29, 1.82) is 0 Å². The maximum Gasteiger partial charge on any atom is 0.251 e. The molecule has 0 fully saturated rings. The van der Waals surface area contributed by atoms with Crippen LogP contribution in [0.1, 0.15) is 25.1 Å². The molecule has 0 aliphatic heterocycles. The van der Waals surface area contributed by atoms with Crippen molar-refractivity contribution in [2.45, 2.75) is 37.6 Å². The molecule has 1 amide bonds. The smallest absolute Gasteiger partial charge is 0.251 e. The van der Waals surface area contributed by atoms with Crippen LogP contribution in [0.2, 0.25) is 0 Å². The van der Waals surface area contributed by atoms with Crippen molar-refractivity contribution in [3.8, 4) is 0 Å². The Labute approximate surface area is 133 Å². The molecule has 0 saturated carbocycles. The fourth-order valence-corrected chi connectivity index (χ4v) is 2.75. The zero-order valence-corrected chi connectivity index (χ0v) is 13.7. The lowest BCUT2D eigenvalue weighted by Crippen LogP contribution is -2.23. The van der Waals surface area contributed by atoms with Crippen molar-refractivity contribution in [3.05, 3.63) is 51.9 Å². The first-order valence-corrected chi connectivity index (χ1v) is 8.00. The number of benzene rings is 1. The van der Waals surface area contributed by atoms with Crippen molar-refractivity contribution in [2.24, 2.45) is 0 Å². The third kappa shape index (κ3) is 4.46. The molecule has 2 N–H and O–H groups in total. The van der Waals surface area contributed by atoms with Crippen molar-refractivity contribution in [3.63, 3.8) is 0 Å². The summed E-state index contributed by atoms with van der Waals surface area (Å²) < 4.78 is 0. The van der Waals surface area contributed by atoms with E-state index in [1.807, 2.05) is 24.3 Å². The highest BCUT2D eigenvalue weighted by Crippen LogP contribution is 2.20. The van der Waals surface area contributed by atoms with Crippen LogP contribution in [0.15, 0.2) is 40.3 Å². The van der Waals surface area contributed by atoms with Gasteiger partial charge in [0.15, 0.2) is 5.16 Å². The van der Waals surface area contributed by atoms with Gasteiger partial charge in [-0.15, -0.1) is 0 Å². The molecule has 1 heterocycles. The number of nitrogens with one attached hydrogen (secondary N) is 2. The number of anilines is 1. The van der Waals surface area contributed by atoms with Gasteiger partial charge < -0.3 is 10.3 Å². The number of thioether (sulfide) groups is 1. The van der Waals surface area contributed by atoms with Crippen LogP contribution in [0.25, 0.3) is 0 Å². The van der Waals surface area contributed by atoms with E-state index < -0.39 is 0 Å². The first-order valence-electron chi connectivity index (χ1n) is 7.12. The minimum Gasteiger partial charge on any atom is -0.325 e. The van der Waals surface area contributed by atoms with Gasteiger partial charge in [0.1, 0.15) is 0 Å². The Morgan fingerprint density at radius 3 is 2.64 bits per heavy atom. The summed E-state index contributed by atoms with van der Waals surface area (Å²) in [4.78, 5) is 30.4. The Morgan fingerprint density at radius 1 is 1.36 bits per heavy atom. The average Bonchev–Trinajstić information content (AvgIpc) is 2.46. The number of hydrogen-bond donors (Lipinski definition) is 2. The lowest BCUT2D eigenvalue weighted by Gasteiger charge is -2.11. The van der Waals surface area contributed by atoms with Gasteiger partial charge in [-0.2, -0.15) is 0 Å². The fourth-order valence-electron chi connectivity index (χ4n) is 1.90. The monoisotopic (exact) mass is 317 g/mol. The number of hydrogen-bond acceptors (Lipinski definition) is 4. The Morgan fingerprint density at radius 2 is 2.05 bits per heavy atom. The lowest BCUT2D eigenvalue weighted by molar-refractivity contribution is -0.115. The standard InChI is InChI=1S/C16H19N3O2S/c1-4-12-5-7-13(8-6-12)18-15(21)11(3)22-16-17-10(2)9-14(20)19-16/h5-9,11H,4H2,1-3H3,(H,18,21)(H,17,19,20)/t11-/m0/s1. The molecule has 0 aliphatic rings. The predicted octanol–water partition coefficient (Wildman–Crippen LogP) is 2.76. The third-order valence-corrected chi connectivity index (χ3v) is 4.12. The normalized spacial score (nSPS) is 12.0. The largest absolute Gasteiger partial charge is 0.325 e. The van der Waals surface area contributed by atoms with E-state index in [9.17, 15) is 9.59 Å². The summed E-state index contributed by atoms with van der Waals surface area (Å²) in [5.41, 5.74) is 2.41. The molecule has 5 nitrogen and oxygen atoms in total. The van der Waals surface area contributed by atoms with E-state index in [4.69, 9.17) is 0 Å². The summed E-state index contributed by atoms with van der Waals surface area (Å²) in [6.07, 6.45) is 0.965. The quantitative estimate of drug-likeness (QED) is 0.657. The van der Waals surface area contributed by atoms with Crippen molar-refractivity contribution in [1.82, 2.24) is 9.97 Å². The predicted molar refractivity (Wildman–Crippen MR) is 89.4 cm³/mol. The number of nitrogens with zero attached hydrogens (tertiary/aromatic N) is 1. The number of aromatic nitrogens is 2. The van der Waals surface area contributed by atoms with Crippen LogP contribution in [0.3, 0.4) is 0 Å². The Hall–Kier alpha value is -2.08. The van der Waals surface area contributed by atoms with E-state index in [0.29, 0.717) is 10.9 Å². The molecule has 0 saturated heterocycles. The molecule has 22 heavy (non-hydrogen) atoms. The summed E-state index contributed by atoms with van der Waals surface area (Å²) in [6.45, 7) is 5.62. The average molecular weight is 317 g/mol. The zero-order valence-electron chi connectivity index (χ0n) is 12.8. The van der Waals surface area contributed by atoms with E-state index in [0.717, 1.165) is 12.1 Å². The maximum absolute atomic E-state index is 12.2. The minimum atomic E-state index is -0.365. The third-order valence-electron chi connectivity index (χ3n) is 3.14. The van der Waals surface area contributed by atoms with Crippen molar-refractivity contribution >= 4 is 23.4 Å². The number of carbonyl (C=O) groups excluding carboxylic acids is 1. The number of H-pyrrole nitrogens is 1. The van der Waals surface area contributed by atoms with Gasteiger partial charge in [0, 0.05) is 17.4 Å². The van der Waals surface area contributed by atoms with Gasteiger partial charge in [0.2, 0.25) is 5.91 Å². The van der Waals surface area contributed by atoms with Crippen LogP contribution in [-0.2, 0) is 11.2 Å². The van der Waals surface area contributed by atoms with Gasteiger partial charge >= 0.3 is 0 Å². The van der Waals surface area contributed by atoms with Gasteiger partial charge in [-0.3, -0.25) is 9.59 Å². The molecule has 1 aromatic carbocycles. The zero-order chi connectivity index (χ0) is 16.1. The van der Waals surface area contributed by atoms with Crippen LogP contribution in [0.4, 0.5) is 5.69 Å². The summed E-state index contributed by atoms with van der Waals surface area (Å²) in [6, 6.07) is 9.19. The topological polar surface area (TPSA) is 74.8 Å². The maximum atomic E-state index is 12.2. The highest BCUT2D eigenvalue weighted by Gasteiger charge is 2.16. The molecular weight excluding hydrogens is 298 g/mol. The molecule has 0 bridgehead atoms. The van der Waals surface area contributed by atoms with Crippen LogP contribution in [0.5, 0.6) is 0 Å². The van der Waals surface area contributed by atoms with E-state index in [2.05, 4.69) is 22.2 Å². The molecule has 1 aromatic heterocycles. The molecule has 0 radical (unpaired) electrons. The number of carbonyl (C=O) groups is 1. The molecule has 0 spiro atoms. The van der Waals surface area contributed by atoms with Crippen molar-refractivity contribution in [2.75, 3.05) is 5.32 Å². The van der Waals surface area contributed by atoms with Gasteiger partial charge in [-0.1, -0.05) is 30.8 Å². The second kappa shape index (κ2) is 7.26. The van der Waals surface area contributed by atoms with E-state index >= 15 is 0 Å². The van der Waals surface area contributed by atoms with Gasteiger partial charge in [0.25, 0.3) is 5.56 Å². The Bertz CT molecular complexity index is 710. The molecule has 2 rings (SSSR count). The molecule has 0 aliphatic carbocycles. The second-order valence-electron chi connectivity index (χ2n) is 4.99. The Balaban J connectivity index is 2.00. The molecule has 0 unspecified atom stereocenters. The van der Waals surface area contributed by atoms with Crippen LogP contribution < -0.4 is 10.9 Å². The lowest BCUT2D eigenvalue weighted by atomic mass is 10.1. The SMILES string of the molecule is CCc1ccc(NC(=O)[C@H](C)Sc2nc(C)cc(=O)[nH]2)cc1. The minimum absolute atomic E-state index is 0.126. The summed E-state index contributed by atoms with van der Waals surface area (Å²) in [7, 11) is 0. The van der Waals surface area contributed by atoms with Crippen LogP contribution in [-0.4, -0.2) is 21.1 Å². The molecule has 6 heteroatoms. The van der Waals surface area contributed by atoms with Gasteiger partial charge in [-0.25, -0.2) is 4.98 Å². The number of aryl methyl sites for hydroxylation is 2. The highest BCUT2D eigenvalue weighted by atomic mass is 32.2. The number of aromatic amines is 1. The molecule has 116 valence electrons. The summed E-state index contributed by atoms with van der Waals surface area (Å²) in [5.74, 6) is -0.126. The van der Waals surface area contributed by atoms with Gasteiger partial charge in [0.05, 0.1) is 5.25 Å². The van der Waals surface area contributed by atoms with Crippen molar-refractivity contribution < 1.29 is 4.79 Å². The molecule has 1 atom stereocenters. The fraction of sp³-hybridized carbons (Fsp3) is 0.312. The first-order chi connectivity index (χ1) is 10.5. The van der Waals surface area contributed by atoms with Crippen LogP contribution in [0, 0.1) is 6.92 Å².